The highest BCUT2D eigenvalue weighted by molar-refractivity contribution is 5.75. The summed E-state index contributed by atoms with van der Waals surface area (Å²) in [5, 5.41) is 10.2. The molecular weight excluding hydrogens is 326 g/mol. The summed E-state index contributed by atoms with van der Waals surface area (Å²) in [7, 11) is 0. The van der Waals surface area contributed by atoms with Crippen LogP contribution in [0.1, 0.15) is 67.8 Å². The first-order valence-corrected chi connectivity index (χ1v) is 9.36. The number of hydrogen-bond donors (Lipinski definition) is 2. The van der Waals surface area contributed by atoms with E-state index in [1.807, 2.05) is 26.8 Å². The average molecular weight is 355 g/mol. The smallest absolute Gasteiger partial charge is 0.315 e. The van der Waals surface area contributed by atoms with Crippen LogP contribution in [0.5, 0.6) is 0 Å². The van der Waals surface area contributed by atoms with Crippen LogP contribution in [0, 0.1) is 13.8 Å². The molecule has 2 amide bonds. The molecule has 2 unspecified atom stereocenters. The normalized spacial score (nSPS) is 19.5. The van der Waals surface area contributed by atoms with Gasteiger partial charge in [-0.2, -0.15) is 0 Å². The Labute approximate surface area is 155 Å². The number of rotatable bonds is 4. The van der Waals surface area contributed by atoms with Gasteiger partial charge >= 0.3 is 6.03 Å². The van der Waals surface area contributed by atoms with Crippen LogP contribution in [-0.4, -0.2) is 17.2 Å². The van der Waals surface area contributed by atoms with Crippen LogP contribution < -0.4 is 10.6 Å². The van der Waals surface area contributed by atoms with E-state index in [0.717, 1.165) is 29.9 Å². The summed E-state index contributed by atoms with van der Waals surface area (Å²) in [5.74, 6) is 0.819. The fourth-order valence-electron chi connectivity index (χ4n) is 3.94. The standard InChI is InChI=1S/C21H29N3O2/c1-13(12-17-14(2)24-26-15(17)3)22-20(25)23-19-10-11-21(4,5)18-9-7-6-8-16(18)19/h6-9,13,19H,10-12H2,1-5H3,(H2,22,23,25). The number of hydrogen-bond acceptors (Lipinski definition) is 3. The monoisotopic (exact) mass is 355 g/mol. The third kappa shape index (κ3) is 3.76. The van der Waals surface area contributed by atoms with Crippen molar-refractivity contribution in [1.29, 1.82) is 0 Å². The predicted octanol–water partition coefficient (Wildman–Crippen LogP) is 4.33. The molecule has 140 valence electrons. The van der Waals surface area contributed by atoms with Crippen molar-refractivity contribution in [3.8, 4) is 0 Å². The van der Waals surface area contributed by atoms with Crippen molar-refractivity contribution in [2.75, 3.05) is 0 Å². The van der Waals surface area contributed by atoms with Gasteiger partial charge in [0.25, 0.3) is 0 Å². The molecule has 3 rings (SSSR count). The van der Waals surface area contributed by atoms with Crippen LogP contribution in [0.15, 0.2) is 28.8 Å². The second-order valence-corrected chi connectivity index (χ2v) is 8.09. The summed E-state index contributed by atoms with van der Waals surface area (Å²) in [6, 6.07) is 8.38. The van der Waals surface area contributed by atoms with Gasteiger partial charge in [0, 0.05) is 11.6 Å². The highest BCUT2D eigenvalue weighted by atomic mass is 16.5. The zero-order valence-electron chi connectivity index (χ0n) is 16.3. The Balaban J connectivity index is 1.63. The molecule has 1 aromatic carbocycles. The van der Waals surface area contributed by atoms with Crippen molar-refractivity contribution in [3.05, 3.63) is 52.4 Å². The first-order chi connectivity index (χ1) is 12.3. The van der Waals surface area contributed by atoms with Crippen molar-refractivity contribution in [3.63, 3.8) is 0 Å². The molecule has 0 fully saturated rings. The molecule has 0 saturated heterocycles. The van der Waals surface area contributed by atoms with Crippen molar-refractivity contribution in [1.82, 2.24) is 15.8 Å². The molecule has 0 spiro atoms. The van der Waals surface area contributed by atoms with E-state index in [0.29, 0.717) is 6.42 Å². The largest absolute Gasteiger partial charge is 0.361 e. The van der Waals surface area contributed by atoms with Crippen molar-refractivity contribution in [2.24, 2.45) is 0 Å². The highest BCUT2D eigenvalue weighted by Crippen LogP contribution is 2.41. The van der Waals surface area contributed by atoms with Crippen molar-refractivity contribution < 1.29 is 9.32 Å². The number of benzene rings is 1. The van der Waals surface area contributed by atoms with Gasteiger partial charge in [-0.3, -0.25) is 0 Å². The molecule has 2 N–H and O–H groups in total. The lowest BCUT2D eigenvalue weighted by Gasteiger charge is -2.37. The van der Waals surface area contributed by atoms with Gasteiger partial charge < -0.3 is 15.2 Å². The molecule has 26 heavy (non-hydrogen) atoms. The molecule has 2 aromatic rings. The zero-order valence-corrected chi connectivity index (χ0v) is 16.3. The highest BCUT2D eigenvalue weighted by Gasteiger charge is 2.33. The van der Waals surface area contributed by atoms with Crippen LogP contribution in [-0.2, 0) is 11.8 Å². The second kappa shape index (κ2) is 7.14. The van der Waals surface area contributed by atoms with Crippen LogP contribution in [0.25, 0.3) is 0 Å². The maximum absolute atomic E-state index is 12.5. The lowest BCUT2D eigenvalue weighted by atomic mass is 9.71. The third-order valence-electron chi connectivity index (χ3n) is 5.50. The summed E-state index contributed by atoms with van der Waals surface area (Å²) in [6.45, 7) is 10.4. The lowest BCUT2D eigenvalue weighted by molar-refractivity contribution is 0.230. The molecule has 0 radical (unpaired) electrons. The first kappa shape index (κ1) is 18.5. The molecule has 0 aliphatic heterocycles. The van der Waals surface area contributed by atoms with Crippen LogP contribution in [0.4, 0.5) is 4.79 Å². The van der Waals surface area contributed by atoms with Crippen LogP contribution >= 0.6 is 0 Å². The third-order valence-corrected chi connectivity index (χ3v) is 5.50. The predicted molar refractivity (Wildman–Crippen MR) is 102 cm³/mol. The number of aryl methyl sites for hydroxylation is 2. The minimum absolute atomic E-state index is 0.00192. The Hall–Kier alpha value is -2.30. The average Bonchev–Trinajstić information content (AvgIpc) is 2.89. The van der Waals surface area contributed by atoms with E-state index in [1.54, 1.807) is 0 Å². The molecule has 5 heteroatoms. The van der Waals surface area contributed by atoms with Gasteiger partial charge in [0.1, 0.15) is 5.76 Å². The number of carbonyl (C=O) groups excluding carboxylic acids is 1. The van der Waals surface area contributed by atoms with Gasteiger partial charge in [0.05, 0.1) is 11.7 Å². The number of nitrogens with zero attached hydrogens (tertiary/aromatic N) is 1. The Morgan fingerprint density at radius 3 is 2.77 bits per heavy atom. The number of amides is 2. The Morgan fingerprint density at radius 1 is 1.35 bits per heavy atom. The molecule has 1 aliphatic rings. The number of nitrogens with one attached hydrogen (secondary N) is 2. The molecule has 0 saturated carbocycles. The lowest BCUT2D eigenvalue weighted by Crippen LogP contribution is -2.44. The number of aromatic nitrogens is 1. The maximum Gasteiger partial charge on any atom is 0.315 e. The van der Waals surface area contributed by atoms with Gasteiger partial charge in [-0.25, -0.2) is 4.79 Å². The number of carbonyl (C=O) groups is 1. The molecule has 1 aromatic heterocycles. The minimum Gasteiger partial charge on any atom is -0.361 e. The summed E-state index contributed by atoms with van der Waals surface area (Å²) in [4.78, 5) is 12.5. The van der Waals surface area contributed by atoms with Crippen LogP contribution in [0.3, 0.4) is 0 Å². The van der Waals surface area contributed by atoms with E-state index < -0.39 is 0 Å². The number of fused-ring (bicyclic) bond motifs is 1. The Morgan fingerprint density at radius 2 is 2.08 bits per heavy atom. The summed E-state index contributed by atoms with van der Waals surface area (Å²) in [6.07, 6.45) is 2.72. The van der Waals surface area contributed by atoms with Crippen LogP contribution in [0.2, 0.25) is 0 Å². The summed E-state index contributed by atoms with van der Waals surface area (Å²) in [5.41, 5.74) is 4.68. The SMILES string of the molecule is Cc1noc(C)c1CC(C)NC(=O)NC1CCC(C)(C)c2ccccc21. The van der Waals surface area contributed by atoms with E-state index >= 15 is 0 Å². The van der Waals surface area contributed by atoms with E-state index in [-0.39, 0.29) is 23.5 Å². The van der Waals surface area contributed by atoms with Gasteiger partial charge in [-0.15, -0.1) is 0 Å². The summed E-state index contributed by atoms with van der Waals surface area (Å²) >= 11 is 0. The fraction of sp³-hybridized carbons (Fsp3) is 0.524. The molecule has 1 heterocycles. The molecule has 2 atom stereocenters. The number of urea groups is 1. The van der Waals surface area contributed by atoms with Gasteiger partial charge in [0.2, 0.25) is 0 Å². The summed E-state index contributed by atoms with van der Waals surface area (Å²) < 4.78 is 5.20. The van der Waals surface area contributed by atoms with Crippen molar-refractivity contribution in [2.45, 2.75) is 71.4 Å². The fourth-order valence-corrected chi connectivity index (χ4v) is 3.94. The van der Waals surface area contributed by atoms with E-state index in [1.165, 1.54) is 11.1 Å². The first-order valence-electron chi connectivity index (χ1n) is 9.36. The zero-order chi connectivity index (χ0) is 18.9. The molecule has 1 aliphatic carbocycles. The second-order valence-electron chi connectivity index (χ2n) is 8.09. The quantitative estimate of drug-likeness (QED) is 0.857. The van der Waals surface area contributed by atoms with E-state index in [4.69, 9.17) is 4.52 Å². The molecule has 0 bridgehead atoms. The molecular formula is C21H29N3O2. The van der Waals surface area contributed by atoms with Gasteiger partial charge in [-0.1, -0.05) is 43.3 Å². The topological polar surface area (TPSA) is 67.2 Å². The van der Waals surface area contributed by atoms with Gasteiger partial charge in [-0.05, 0) is 56.6 Å². The minimum atomic E-state index is -0.122. The van der Waals surface area contributed by atoms with E-state index in [2.05, 4.69) is 47.8 Å². The molecule has 5 nitrogen and oxygen atoms in total. The Bertz CT molecular complexity index is 775. The van der Waals surface area contributed by atoms with Gasteiger partial charge in [0.15, 0.2) is 0 Å². The maximum atomic E-state index is 12.5. The van der Waals surface area contributed by atoms with Crippen molar-refractivity contribution >= 4 is 6.03 Å². The Kier molecular flexibility index (Phi) is 5.08. The van der Waals surface area contributed by atoms with E-state index in [9.17, 15) is 4.79 Å².